The first kappa shape index (κ1) is 23.2. The van der Waals surface area contributed by atoms with Crippen molar-refractivity contribution in [1.82, 2.24) is 19.0 Å². The molecule has 9 heteroatoms. The SMILES string of the molecule is CN(CC(=O)N1CCCC1)CC(=O)N1CCN(S(=O)(=O)c2ccc3c(c2)CCCC3)CC1. The van der Waals surface area contributed by atoms with Gasteiger partial charge in [-0.25, -0.2) is 8.42 Å². The number of aryl methyl sites for hydroxylation is 2. The van der Waals surface area contributed by atoms with E-state index < -0.39 is 10.0 Å². The lowest BCUT2D eigenvalue weighted by molar-refractivity contribution is -0.135. The normalized spacial score (nSPS) is 19.9. The van der Waals surface area contributed by atoms with Crippen LogP contribution >= 0.6 is 0 Å². The third-order valence-corrected chi connectivity index (χ3v) is 8.71. The summed E-state index contributed by atoms with van der Waals surface area (Å²) in [5, 5.41) is 0. The molecule has 0 aromatic heterocycles. The molecule has 2 amide bonds. The fraction of sp³-hybridized carbons (Fsp3) is 0.652. The van der Waals surface area contributed by atoms with Gasteiger partial charge in [0, 0.05) is 39.3 Å². The molecule has 32 heavy (non-hydrogen) atoms. The number of carbonyl (C=O) groups is 2. The Morgan fingerprint density at radius 3 is 2.00 bits per heavy atom. The largest absolute Gasteiger partial charge is 0.342 e. The zero-order valence-corrected chi connectivity index (χ0v) is 19.8. The smallest absolute Gasteiger partial charge is 0.243 e. The molecule has 3 aliphatic rings. The highest BCUT2D eigenvalue weighted by Crippen LogP contribution is 2.26. The molecule has 0 N–H and O–H groups in total. The Morgan fingerprint density at radius 2 is 1.38 bits per heavy atom. The molecule has 4 rings (SSSR count). The molecule has 0 saturated carbocycles. The van der Waals surface area contributed by atoms with Gasteiger partial charge in [-0.3, -0.25) is 14.5 Å². The number of likely N-dealkylation sites (tertiary alicyclic amines) is 1. The van der Waals surface area contributed by atoms with E-state index in [2.05, 4.69) is 0 Å². The Hall–Kier alpha value is -1.97. The number of benzene rings is 1. The lowest BCUT2D eigenvalue weighted by Gasteiger charge is -2.35. The number of carbonyl (C=O) groups excluding carboxylic acids is 2. The summed E-state index contributed by atoms with van der Waals surface area (Å²) in [6.07, 6.45) is 6.33. The van der Waals surface area contributed by atoms with Gasteiger partial charge in [-0.2, -0.15) is 4.31 Å². The summed E-state index contributed by atoms with van der Waals surface area (Å²) in [4.78, 5) is 30.6. The molecule has 0 unspecified atom stereocenters. The Kier molecular flexibility index (Phi) is 7.17. The number of hydrogen-bond acceptors (Lipinski definition) is 5. The van der Waals surface area contributed by atoms with Crippen molar-refractivity contribution in [1.29, 1.82) is 0 Å². The standard InChI is InChI=1S/C23H34N4O4S/c1-24(17-22(28)25-10-4-5-11-25)18-23(29)26-12-14-27(15-13-26)32(30,31)21-9-8-19-6-2-3-7-20(19)16-21/h8-9,16H,2-7,10-15,17-18H2,1H3. The van der Waals surface area contributed by atoms with E-state index in [9.17, 15) is 18.0 Å². The summed E-state index contributed by atoms with van der Waals surface area (Å²) in [6, 6.07) is 5.53. The van der Waals surface area contributed by atoms with Crippen LogP contribution in [0.4, 0.5) is 0 Å². The number of fused-ring (bicyclic) bond motifs is 1. The minimum Gasteiger partial charge on any atom is -0.342 e. The number of hydrogen-bond donors (Lipinski definition) is 0. The summed E-state index contributed by atoms with van der Waals surface area (Å²) in [5.74, 6) is 0.00585. The number of nitrogens with zero attached hydrogens (tertiary/aromatic N) is 4. The molecule has 1 aromatic carbocycles. The number of piperazine rings is 1. The van der Waals surface area contributed by atoms with Gasteiger partial charge in [-0.15, -0.1) is 0 Å². The molecule has 0 bridgehead atoms. The van der Waals surface area contributed by atoms with Crippen molar-refractivity contribution >= 4 is 21.8 Å². The number of rotatable bonds is 6. The minimum atomic E-state index is -3.56. The van der Waals surface area contributed by atoms with E-state index in [0.29, 0.717) is 31.1 Å². The average molecular weight is 463 g/mol. The summed E-state index contributed by atoms with van der Waals surface area (Å²) in [6.45, 7) is 3.34. The van der Waals surface area contributed by atoms with Crippen LogP contribution in [0.3, 0.4) is 0 Å². The predicted octanol–water partition coefficient (Wildman–Crippen LogP) is 0.953. The number of sulfonamides is 1. The van der Waals surface area contributed by atoms with Crippen LogP contribution in [-0.2, 0) is 32.5 Å². The topological polar surface area (TPSA) is 81.2 Å². The van der Waals surface area contributed by atoms with Crippen LogP contribution in [0.25, 0.3) is 0 Å². The zero-order valence-electron chi connectivity index (χ0n) is 19.0. The van der Waals surface area contributed by atoms with Crippen molar-refractivity contribution in [3.8, 4) is 0 Å². The highest BCUT2D eigenvalue weighted by atomic mass is 32.2. The van der Waals surface area contributed by atoms with E-state index in [1.165, 1.54) is 9.87 Å². The van der Waals surface area contributed by atoms with Crippen LogP contribution in [-0.4, -0.2) is 98.6 Å². The summed E-state index contributed by atoms with van der Waals surface area (Å²) < 4.78 is 27.8. The van der Waals surface area contributed by atoms with Crippen LogP contribution in [0.1, 0.15) is 36.8 Å². The van der Waals surface area contributed by atoms with Crippen LogP contribution in [0, 0.1) is 0 Å². The summed E-state index contributed by atoms with van der Waals surface area (Å²) in [5.41, 5.74) is 2.41. The van der Waals surface area contributed by atoms with E-state index in [1.54, 1.807) is 22.9 Å². The molecule has 2 fully saturated rings. The second-order valence-electron chi connectivity index (χ2n) is 9.18. The molecular weight excluding hydrogens is 428 g/mol. The first-order chi connectivity index (χ1) is 15.3. The molecule has 2 aliphatic heterocycles. The monoisotopic (exact) mass is 462 g/mol. The molecule has 1 aromatic rings. The number of likely N-dealkylation sites (N-methyl/N-ethyl adjacent to an activating group) is 1. The van der Waals surface area contributed by atoms with Gasteiger partial charge in [-0.05, 0) is 68.8 Å². The van der Waals surface area contributed by atoms with Gasteiger partial charge < -0.3 is 9.80 Å². The molecule has 0 atom stereocenters. The average Bonchev–Trinajstić information content (AvgIpc) is 3.34. The second kappa shape index (κ2) is 9.89. The molecule has 0 radical (unpaired) electrons. The van der Waals surface area contributed by atoms with E-state index in [0.717, 1.165) is 57.2 Å². The lowest BCUT2D eigenvalue weighted by Crippen LogP contribution is -2.52. The minimum absolute atomic E-state index is 0.0625. The molecule has 176 valence electrons. The molecule has 2 heterocycles. The van der Waals surface area contributed by atoms with Crippen LogP contribution < -0.4 is 0 Å². The maximum absolute atomic E-state index is 13.1. The third kappa shape index (κ3) is 5.15. The highest BCUT2D eigenvalue weighted by Gasteiger charge is 2.31. The second-order valence-corrected chi connectivity index (χ2v) is 11.1. The fourth-order valence-electron chi connectivity index (χ4n) is 4.88. The first-order valence-corrected chi connectivity index (χ1v) is 13.1. The molecule has 0 spiro atoms. The predicted molar refractivity (Wildman–Crippen MR) is 122 cm³/mol. The van der Waals surface area contributed by atoms with Crippen LogP contribution in [0.15, 0.2) is 23.1 Å². The van der Waals surface area contributed by atoms with E-state index in [1.807, 2.05) is 17.0 Å². The van der Waals surface area contributed by atoms with Crippen molar-refractivity contribution in [3.05, 3.63) is 29.3 Å². The van der Waals surface area contributed by atoms with Gasteiger partial charge in [0.1, 0.15) is 0 Å². The van der Waals surface area contributed by atoms with Crippen molar-refractivity contribution in [2.75, 3.05) is 59.4 Å². The Balaban J connectivity index is 1.29. The van der Waals surface area contributed by atoms with E-state index in [4.69, 9.17) is 0 Å². The lowest BCUT2D eigenvalue weighted by atomic mass is 9.92. The fourth-order valence-corrected chi connectivity index (χ4v) is 6.35. The first-order valence-electron chi connectivity index (χ1n) is 11.7. The number of amides is 2. The quantitative estimate of drug-likeness (QED) is 0.629. The van der Waals surface area contributed by atoms with Gasteiger partial charge in [0.25, 0.3) is 0 Å². The van der Waals surface area contributed by atoms with Gasteiger partial charge in [0.05, 0.1) is 18.0 Å². The molecule has 8 nitrogen and oxygen atoms in total. The van der Waals surface area contributed by atoms with Crippen molar-refractivity contribution in [2.45, 2.75) is 43.4 Å². The van der Waals surface area contributed by atoms with Crippen LogP contribution in [0.2, 0.25) is 0 Å². The van der Waals surface area contributed by atoms with Crippen molar-refractivity contribution in [2.24, 2.45) is 0 Å². The van der Waals surface area contributed by atoms with Crippen molar-refractivity contribution < 1.29 is 18.0 Å². The summed E-state index contributed by atoms with van der Waals surface area (Å²) >= 11 is 0. The Bertz CT molecular complexity index is 951. The van der Waals surface area contributed by atoms with Crippen molar-refractivity contribution in [3.63, 3.8) is 0 Å². The van der Waals surface area contributed by atoms with Crippen LogP contribution in [0.5, 0.6) is 0 Å². The maximum Gasteiger partial charge on any atom is 0.243 e. The molecule has 2 saturated heterocycles. The molecular formula is C23H34N4O4S. The van der Waals surface area contributed by atoms with Gasteiger partial charge in [0.15, 0.2) is 0 Å². The van der Waals surface area contributed by atoms with Gasteiger partial charge in [-0.1, -0.05) is 6.07 Å². The van der Waals surface area contributed by atoms with Gasteiger partial charge >= 0.3 is 0 Å². The Morgan fingerprint density at radius 1 is 0.812 bits per heavy atom. The third-order valence-electron chi connectivity index (χ3n) is 6.82. The summed E-state index contributed by atoms with van der Waals surface area (Å²) in [7, 11) is -1.78. The maximum atomic E-state index is 13.1. The Labute approximate surface area is 191 Å². The highest BCUT2D eigenvalue weighted by molar-refractivity contribution is 7.89. The van der Waals surface area contributed by atoms with E-state index in [-0.39, 0.29) is 24.9 Å². The van der Waals surface area contributed by atoms with E-state index >= 15 is 0 Å². The van der Waals surface area contributed by atoms with Gasteiger partial charge in [0.2, 0.25) is 21.8 Å². The molecule has 1 aliphatic carbocycles. The zero-order chi connectivity index (χ0) is 22.7.